The fraction of sp³-hybridized carbons (Fsp3) is 0.412. The van der Waals surface area contributed by atoms with Crippen molar-refractivity contribution in [3.8, 4) is 22.1 Å². The van der Waals surface area contributed by atoms with Gasteiger partial charge in [0.2, 0.25) is 0 Å². The molecule has 0 saturated carbocycles. The maximum absolute atomic E-state index is 12.1. The standard InChI is InChI=1S/C17H21N3O4S.2ClH/c1-22-7-6-18-4-5-19-16(21)13-11-25-17(20-13)12-2-3-14-15(10-12)24-9-8-23-14;;/h2-3,10-11,18H,4-9H2,1H3,(H,19,21);2*1H. The Balaban J connectivity index is 0.00000182. The van der Waals surface area contributed by atoms with Crippen LogP contribution in [0.2, 0.25) is 0 Å². The maximum atomic E-state index is 12.1. The molecule has 0 spiro atoms. The zero-order valence-corrected chi connectivity index (χ0v) is 17.3. The molecule has 0 bridgehead atoms. The first-order valence-corrected chi connectivity index (χ1v) is 8.99. The van der Waals surface area contributed by atoms with Crippen LogP contribution in [-0.4, -0.2) is 57.5 Å². The van der Waals surface area contributed by atoms with Gasteiger partial charge < -0.3 is 24.8 Å². The number of hydrogen-bond acceptors (Lipinski definition) is 7. The van der Waals surface area contributed by atoms with Gasteiger partial charge in [-0.1, -0.05) is 0 Å². The van der Waals surface area contributed by atoms with Crippen molar-refractivity contribution in [3.63, 3.8) is 0 Å². The first kappa shape index (κ1) is 23.5. The SMILES string of the molecule is COCCNCCNC(=O)c1csc(-c2ccc3c(c2)OCCO3)n1.Cl.Cl. The maximum Gasteiger partial charge on any atom is 0.270 e. The molecule has 1 aromatic heterocycles. The number of thiazole rings is 1. The largest absolute Gasteiger partial charge is 0.486 e. The highest BCUT2D eigenvalue weighted by atomic mass is 35.5. The van der Waals surface area contributed by atoms with Gasteiger partial charge in [0.1, 0.15) is 23.9 Å². The molecule has 1 aliphatic rings. The van der Waals surface area contributed by atoms with E-state index in [1.165, 1.54) is 11.3 Å². The molecular weight excluding hydrogens is 413 g/mol. The predicted molar refractivity (Wildman–Crippen MR) is 110 cm³/mol. The molecule has 0 fully saturated rings. The van der Waals surface area contributed by atoms with E-state index >= 15 is 0 Å². The van der Waals surface area contributed by atoms with Gasteiger partial charge in [0.15, 0.2) is 11.5 Å². The molecule has 10 heteroatoms. The zero-order chi connectivity index (χ0) is 17.5. The molecule has 7 nitrogen and oxygen atoms in total. The minimum atomic E-state index is -0.173. The summed E-state index contributed by atoms with van der Waals surface area (Å²) in [6.45, 7) is 3.75. The fourth-order valence-corrected chi connectivity index (χ4v) is 3.14. The Hall–Kier alpha value is -1.58. The van der Waals surface area contributed by atoms with Gasteiger partial charge in [-0.25, -0.2) is 4.98 Å². The van der Waals surface area contributed by atoms with Gasteiger partial charge in [-0.2, -0.15) is 0 Å². The highest BCUT2D eigenvalue weighted by Crippen LogP contribution is 2.35. The molecular formula is C17H23Cl2N3O4S. The topological polar surface area (TPSA) is 81.7 Å². The lowest BCUT2D eigenvalue weighted by atomic mass is 10.2. The molecule has 0 saturated heterocycles. The molecule has 150 valence electrons. The summed E-state index contributed by atoms with van der Waals surface area (Å²) < 4.78 is 16.1. The lowest BCUT2D eigenvalue weighted by Gasteiger charge is -2.18. The number of methoxy groups -OCH3 is 1. The number of halogens is 2. The number of nitrogens with zero attached hydrogens (tertiary/aromatic N) is 1. The van der Waals surface area contributed by atoms with Crippen LogP contribution in [-0.2, 0) is 4.74 Å². The zero-order valence-electron chi connectivity index (χ0n) is 14.9. The number of nitrogens with one attached hydrogen (secondary N) is 2. The highest BCUT2D eigenvalue weighted by molar-refractivity contribution is 7.13. The Kier molecular flexibility index (Phi) is 10.4. The number of fused-ring (bicyclic) bond motifs is 1. The van der Waals surface area contributed by atoms with Crippen molar-refractivity contribution in [1.82, 2.24) is 15.6 Å². The average Bonchev–Trinajstić information content (AvgIpc) is 3.14. The van der Waals surface area contributed by atoms with Crippen LogP contribution in [0.25, 0.3) is 10.6 Å². The number of carbonyl (C=O) groups is 1. The van der Waals surface area contributed by atoms with E-state index in [2.05, 4.69) is 15.6 Å². The van der Waals surface area contributed by atoms with Gasteiger partial charge in [-0.15, -0.1) is 36.2 Å². The fourth-order valence-electron chi connectivity index (χ4n) is 2.34. The molecule has 0 unspecified atom stereocenters. The molecule has 3 rings (SSSR count). The Labute approximate surface area is 174 Å². The van der Waals surface area contributed by atoms with E-state index < -0.39 is 0 Å². The second kappa shape index (κ2) is 12.0. The van der Waals surface area contributed by atoms with Crippen molar-refractivity contribution in [2.75, 3.05) is 46.6 Å². The van der Waals surface area contributed by atoms with Gasteiger partial charge >= 0.3 is 0 Å². The Morgan fingerprint density at radius 2 is 1.96 bits per heavy atom. The van der Waals surface area contributed by atoms with Crippen molar-refractivity contribution >= 4 is 42.1 Å². The summed E-state index contributed by atoms with van der Waals surface area (Å²) in [7, 11) is 1.66. The summed E-state index contributed by atoms with van der Waals surface area (Å²) in [6.07, 6.45) is 0. The number of benzene rings is 1. The van der Waals surface area contributed by atoms with Crippen LogP contribution in [0.5, 0.6) is 11.5 Å². The normalized spacial score (nSPS) is 11.9. The predicted octanol–water partition coefficient (Wildman–Crippen LogP) is 2.39. The third-order valence-electron chi connectivity index (χ3n) is 3.60. The van der Waals surface area contributed by atoms with Crippen LogP contribution in [0, 0.1) is 0 Å². The van der Waals surface area contributed by atoms with Gasteiger partial charge in [-0.05, 0) is 18.2 Å². The average molecular weight is 436 g/mol. The van der Waals surface area contributed by atoms with E-state index in [1.54, 1.807) is 12.5 Å². The van der Waals surface area contributed by atoms with Gasteiger partial charge in [0.05, 0.1) is 6.61 Å². The first-order valence-electron chi connectivity index (χ1n) is 8.11. The molecule has 27 heavy (non-hydrogen) atoms. The molecule has 2 aromatic rings. The minimum Gasteiger partial charge on any atom is -0.486 e. The Morgan fingerprint density at radius 3 is 2.74 bits per heavy atom. The number of amides is 1. The molecule has 1 aromatic carbocycles. The van der Waals surface area contributed by atoms with Crippen molar-refractivity contribution in [2.45, 2.75) is 0 Å². The smallest absolute Gasteiger partial charge is 0.270 e. The van der Waals surface area contributed by atoms with Crippen LogP contribution in [0.3, 0.4) is 0 Å². The highest BCUT2D eigenvalue weighted by Gasteiger charge is 2.15. The Bertz CT molecular complexity index is 730. The van der Waals surface area contributed by atoms with E-state index in [0.717, 1.165) is 22.9 Å². The number of hydrogen-bond donors (Lipinski definition) is 2. The van der Waals surface area contributed by atoms with Crippen LogP contribution >= 0.6 is 36.2 Å². The molecule has 0 aliphatic carbocycles. The summed E-state index contributed by atoms with van der Waals surface area (Å²) in [6, 6.07) is 5.69. The van der Waals surface area contributed by atoms with Crippen LogP contribution < -0.4 is 20.1 Å². The quantitative estimate of drug-likeness (QED) is 0.619. The molecule has 1 amide bonds. The number of ether oxygens (including phenoxy) is 3. The van der Waals surface area contributed by atoms with E-state index in [1.807, 2.05) is 18.2 Å². The lowest BCUT2D eigenvalue weighted by Crippen LogP contribution is -2.33. The summed E-state index contributed by atoms with van der Waals surface area (Å²) in [4.78, 5) is 16.6. The monoisotopic (exact) mass is 435 g/mol. The summed E-state index contributed by atoms with van der Waals surface area (Å²) in [5, 5.41) is 8.56. The van der Waals surface area contributed by atoms with Gasteiger partial charge in [-0.3, -0.25) is 4.79 Å². The van der Waals surface area contributed by atoms with E-state index in [0.29, 0.717) is 44.4 Å². The molecule has 2 heterocycles. The molecule has 0 radical (unpaired) electrons. The van der Waals surface area contributed by atoms with Crippen molar-refractivity contribution in [2.24, 2.45) is 0 Å². The first-order chi connectivity index (χ1) is 12.3. The molecule has 1 aliphatic heterocycles. The number of rotatable bonds is 8. The van der Waals surface area contributed by atoms with Crippen LogP contribution in [0.1, 0.15) is 10.5 Å². The number of aromatic nitrogens is 1. The summed E-state index contributed by atoms with van der Waals surface area (Å²) >= 11 is 1.43. The van der Waals surface area contributed by atoms with Gasteiger partial charge in [0.25, 0.3) is 5.91 Å². The van der Waals surface area contributed by atoms with Crippen molar-refractivity contribution in [3.05, 3.63) is 29.3 Å². The van der Waals surface area contributed by atoms with E-state index in [9.17, 15) is 4.79 Å². The lowest BCUT2D eigenvalue weighted by molar-refractivity contribution is 0.0949. The van der Waals surface area contributed by atoms with E-state index in [4.69, 9.17) is 14.2 Å². The number of carbonyl (C=O) groups excluding carboxylic acids is 1. The van der Waals surface area contributed by atoms with Crippen LogP contribution in [0.4, 0.5) is 0 Å². The second-order valence-corrected chi connectivity index (χ2v) is 6.25. The summed E-state index contributed by atoms with van der Waals surface area (Å²) in [5.74, 6) is 1.28. The van der Waals surface area contributed by atoms with E-state index in [-0.39, 0.29) is 30.7 Å². The van der Waals surface area contributed by atoms with Crippen molar-refractivity contribution < 1.29 is 19.0 Å². The minimum absolute atomic E-state index is 0. The van der Waals surface area contributed by atoms with Crippen LogP contribution in [0.15, 0.2) is 23.6 Å². The summed E-state index contributed by atoms with van der Waals surface area (Å²) in [5.41, 5.74) is 1.33. The molecule has 2 N–H and O–H groups in total. The Morgan fingerprint density at radius 1 is 1.19 bits per heavy atom. The van der Waals surface area contributed by atoms with Gasteiger partial charge in [0, 0.05) is 37.7 Å². The third kappa shape index (κ3) is 6.51. The molecule has 0 atom stereocenters. The third-order valence-corrected chi connectivity index (χ3v) is 4.49. The second-order valence-electron chi connectivity index (χ2n) is 5.40. The van der Waals surface area contributed by atoms with Crippen molar-refractivity contribution in [1.29, 1.82) is 0 Å².